The lowest BCUT2D eigenvalue weighted by Gasteiger charge is -2.39. The average Bonchev–Trinajstić information content (AvgIpc) is 2.87. The van der Waals surface area contributed by atoms with Crippen LogP contribution in [0.5, 0.6) is 0 Å². The minimum absolute atomic E-state index is 0.0154. The van der Waals surface area contributed by atoms with Gasteiger partial charge in [0, 0.05) is 30.7 Å². The monoisotopic (exact) mass is 371 g/mol. The lowest BCUT2D eigenvalue weighted by atomic mass is 9.96. The topological polar surface area (TPSA) is 44.4 Å². The van der Waals surface area contributed by atoms with Gasteiger partial charge >= 0.3 is 6.03 Å². The highest BCUT2D eigenvalue weighted by Crippen LogP contribution is 2.36. The fraction of sp³-hybridized carbons (Fsp3) is 0.381. The van der Waals surface area contributed by atoms with Crippen molar-refractivity contribution in [1.29, 1.82) is 0 Å². The third-order valence-corrected chi connectivity index (χ3v) is 5.61. The summed E-state index contributed by atoms with van der Waals surface area (Å²) in [7, 11) is 0. The van der Waals surface area contributed by atoms with E-state index in [0.717, 1.165) is 44.4 Å². The fourth-order valence-electron chi connectivity index (χ4n) is 4.38. The molecule has 2 amide bonds. The lowest BCUT2D eigenvalue weighted by molar-refractivity contribution is 0.112. The molecule has 2 bridgehead atoms. The molecule has 0 saturated carbocycles. The van der Waals surface area contributed by atoms with Crippen LogP contribution >= 0.6 is 0 Å². The summed E-state index contributed by atoms with van der Waals surface area (Å²) >= 11 is 0. The van der Waals surface area contributed by atoms with Gasteiger partial charge in [0.1, 0.15) is 11.6 Å². The number of rotatable bonds is 4. The number of anilines is 1. The maximum absolute atomic E-state index is 13.7. The van der Waals surface area contributed by atoms with Crippen molar-refractivity contribution in [3.63, 3.8) is 0 Å². The van der Waals surface area contributed by atoms with E-state index in [9.17, 15) is 13.6 Å². The Morgan fingerprint density at radius 3 is 2.41 bits per heavy atom. The Morgan fingerprint density at radius 2 is 1.74 bits per heavy atom. The van der Waals surface area contributed by atoms with E-state index in [4.69, 9.17) is 0 Å². The molecule has 0 spiro atoms. The molecule has 0 aliphatic carbocycles. The summed E-state index contributed by atoms with van der Waals surface area (Å²) < 4.78 is 26.7. The van der Waals surface area contributed by atoms with Crippen molar-refractivity contribution >= 4 is 11.7 Å². The van der Waals surface area contributed by atoms with Crippen LogP contribution in [0, 0.1) is 11.6 Å². The minimum Gasteiger partial charge on any atom is -0.335 e. The van der Waals surface area contributed by atoms with Crippen LogP contribution in [0.15, 0.2) is 48.5 Å². The lowest BCUT2D eigenvalue weighted by Crippen LogP contribution is -2.50. The molecule has 2 aromatic carbocycles. The first-order valence-electron chi connectivity index (χ1n) is 9.41. The first-order valence-corrected chi connectivity index (χ1v) is 9.41. The zero-order valence-electron chi connectivity index (χ0n) is 15.0. The number of hydrogen-bond acceptors (Lipinski definition) is 2. The highest BCUT2D eigenvalue weighted by Gasteiger charge is 2.40. The SMILES string of the molecule is O=C(Nc1ccc(F)cc1F)NC1CC2CCC(C1)N2Cc1ccccc1. The Kier molecular flexibility index (Phi) is 5.07. The molecule has 0 aromatic heterocycles. The Bertz CT molecular complexity index is 800. The highest BCUT2D eigenvalue weighted by molar-refractivity contribution is 5.89. The molecule has 2 saturated heterocycles. The second-order valence-corrected chi connectivity index (χ2v) is 7.43. The van der Waals surface area contributed by atoms with Crippen LogP contribution < -0.4 is 10.6 Å². The molecular formula is C21H23F2N3O. The summed E-state index contributed by atoms with van der Waals surface area (Å²) in [4.78, 5) is 14.8. The van der Waals surface area contributed by atoms with Crippen LogP contribution in [-0.4, -0.2) is 29.1 Å². The second-order valence-electron chi connectivity index (χ2n) is 7.43. The van der Waals surface area contributed by atoms with Crippen molar-refractivity contribution in [2.45, 2.75) is 50.4 Å². The zero-order chi connectivity index (χ0) is 18.8. The summed E-state index contributed by atoms with van der Waals surface area (Å²) in [5.41, 5.74) is 1.30. The number of urea groups is 1. The first-order chi connectivity index (χ1) is 13.1. The number of nitrogens with one attached hydrogen (secondary N) is 2. The number of nitrogens with zero attached hydrogens (tertiary/aromatic N) is 1. The van der Waals surface area contributed by atoms with Crippen molar-refractivity contribution in [3.05, 3.63) is 65.7 Å². The second kappa shape index (κ2) is 7.64. The molecule has 2 aliphatic rings. The van der Waals surface area contributed by atoms with E-state index in [0.29, 0.717) is 12.1 Å². The quantitative estimate of drug-likeness (QED) is 0.842. The highest BCUT2D eigenvalue weighted by atomic mass is 19.1. The third-order valence-electron chi connectivity index (χ3n) is 5.61. The zero-order valence-corrected chi connectivity index (χ0v) is 15.0. The molecule has 6 heteroatoms. The van der Waals surface area contributed by atoms with Gasteiger partial charge in [-0.25, -0.2) is 13.6 Å². The van der Waals surface area contributed by atoms with E-state index in [2.05, 4.69) is 39.8 Å². The van der Waals surface area contributed by atoms with Crippen molar-refractivity contribution in [1.82, 2.24) is 10.2 Å². The molecule has 142 valence electrons. The van der Waals surface area contributed by atoms with E-state index < -0.39 is 17.7 Å². The van der Waals surface area contributed by atoms with Gasteiger partial charge in [-0.3, -0.25) is 4.90 Å². The van der Waals surface area contributed by atoms with E-state index in [1.54, 1.807) is 0 Å². The van der Waals surface area contributed by atoms with Gasteiger partial charge < -0.3 is 10.6 Å². The van der Waals surface area contributed by atoms with Crippen LogP contribution in [0.3, 0.4) is 0 Å². The number of piperidine rings is 1. The summed E-state index contributed by atoms with van der Waals surface area (Å²) in [6.07, 6.45) is 4.07. The molecule has 2 aliphatic heterocycles. The molecular weight excluding hydrogens is 348 g/mol. The number of halogens is 2. The van der Waals surface area contributed by atoms with Crippen molar-refractivity contribution in [3.8, 4) is 0 Å². The number of hydrogen-bond donors (Lipinski definition) is 2. The van der Waals surface area contributed by atoms with Crippen molar-refractivity contribution in [2.24, 2.45) is 0 Å². The Labute approximate surface area is 157 Å². The molecule has 0 radical (unpaired) electrons. The van der Waals surface area contributed by atoms with Gasteiger partial charge in [0.25, 0.3) is 0 Å². The normalized spacial score (nSPS) is 24.6. The predicted octanol–water partition coefficient (Wildman–Crippen LogP) is 4.28. The van der Waals surface area contributed by atoms with E-state index >= 15 is 0 Å². The number of carbonyl (C=O) groups is 1. The first kappa shape index (κ1) is 17.9. The summed E-state index contributed by atoms with van der Waals surface area (Å²) in [5.74, 6) is -1.44. The average molecular weight is 371 g/mol. The fourth-order valence-corrected chi connectivity index (χ4v) is 4.38. The molecule has 2 fully saturated rings. The van der Waals surface area contributed by atoms with Crippen LogP contribution in [0.25, 0.3) is 0 Å². The van der Waals surface area contributed by atoms with Gasteiger partial charge in [0.05, 0.1) is 5.69 Å². The maximum atomic E-state index is 13.7. The van der Waals surface area contributed by atoms with Gasteiger partial charge in [0.15, 0.2) is 0 Å². The molecule has 2 heterocycles. The minimum atomic E-state index is -0.775. The number of carbonyl (C=O) groups excluding carboxylic acids is 1. The molecule has 2 aromatic rings. The van der Waals surface area contributed by atoms with Gasteiger partial charge in [-0.1, -0.05) is 30.3 Å². The van der Waals surface area contributed by atoms with Gasteiger partial charge in [-0.2, -0.15) is 0 Å². The molecule has 4 rings (SSSR count). The van der Waals surface area contributed by atoms with Crippen LogP contribution in [-0.2, 0) is 6.54 Å². The number of fused-ring (bicyclic) bond motifs is 2. The van der Waals surface area contributed by atoms with E-state index in [1.807, 2.05) is 6.07 Å². The van der Waals surface area contributed by atoms with Crippen molar-refractivity contribution < 1.29 is 13.6 Å². The molecule has 4 nitrogen and oxygen atoms in total. The molecule has 2 N–H and O–H groups in total. The summed E-state index contributed by atoms with van der Waals surface area (Å²) in [6, 6.07) is 14.1. The number of amides is 2. The smallest absolute Gasteiger partial charge is 0.319 e. The van der Waals surface area contributed by atoms with Crippen LogP contribution in [0.1, 0.15) is 31.2 Å². The van der Waals surface area contributed by atoms with Gasteiger partial charge in [-0.05, 0) is 43.4 Å². The maximum Gasteiger partial charge on any atom is 0.319 e. The largest absolute Gasteiger partial charge is 0.335 e. The van der Waals surface area contributed by atoms with E-state index in [-0.39, 0.29) is 11.7 Å². The molecule has 2 atom stereocenters. The number of benzene rings is 2. The Hall–Kier alpha value is -2.47. The Balaban J connectivity index is 1.33. The van der Waals surface area contributed by atoms with Crippen molar-refractivity contribution in [2.75, 3.05) is 5.32 Å². The third kappa shape index (κ3) is 4.11. The molecule has 2 unspecified atom stereocenters. The molecule has 27 heavy (non-hydrogen) atoms. The van der Waals surface area contributed by atoms with Crippen LogP contribution in [0.4, 0.5) is 19.3 Å². The van der Waals surface area contributed by atoms with Crippen LogP contribution in [0.2, 0.25) is 0 Å². The van der Waals surface area contributed by atoms with E-state index in [1.165, 1.54) is 11.6 Å². The summed E-state index contributed by atoms with van der Waals surface area (Å²) in [5, 5.41) is 5.44. The van der Waals surface area contributed by atoms with Gasteiger partial charge in [-0.15, -0.1) is 0 Å². The standard InChI is InChI=1S/C21H23F2N3O/c22-15-6-9-20(19(23)10-15)25-21(27)24-16-11-17-7-8-18(12-16)26(17)13-14-4-2-1-3-5-14/h1-6,9-10,16-18H,7-8,11-13H2,(H2,24,25,27). The Morgan fingerprint density at radius 1 is 1.04 bits per heavy atom. The summed E-state index contributed by atoms with van der Waals surface area (Å²) in [6.45, 7) is 0.940. The predicted molar refractivity (Wildman–Crippen MR) is 100 cm³/mol. The van der Waals surface area contributed by atoms with Gasteiger partial charge in [0.2, 0.25) is 0 Å².